The summed E-state index contributed by atoms with van der Waals surface area (Å²) in [5.41, 5.74) is 4.32. The summed E-state index contributed by atoms with van der Waals surface area (Å²) in [6.07, 6.45) is 5.16. The van der Waals surface area contributed by atoms with Gasteiger partial charge in [0.1, 0.15) is 17.4 Å². The Morgan fingerprint density at radius 1 is 1.10 bits per heavy atom. The van der Waals surface area contributed by atoms with Crippen LogP contribution in [0.2, 0.25) is 0 Å². The molecule has 1 aliphatic heterocycles. The average Bonchev–Trinajstić information content (AvgIpc) is 3.20. The number of rotatable bonds is 5. The molecule has 1 heterocycles. The first-order chi connectivity index (χ1) is 14.6. The van der Waals surface area contributed by atoms with E-state index in [2.05, 4.69) is 6.08 Å². The van der Waals surface area contributed by atoms with Crippen LogP contribution in [0.4, 0.5) is 0 Å². The van der Waals surface area contributed by atoms with Gasteiger partial charge in [0, 0.05) is 5.92 Å². The molecule has 2 aliphatic rings. The molecule has 2 aromatic rings. The van der Waals surface area contributed by atoms with Crippen LogP contribution in [0.5, 0.6) is 11.5 Å². The maximum atomic E-state index is 12.6. The highest BCUT2D eigenvalue weighted by molar-refractivity contribution is 6.27. The van der Waals surface area contributed by atoms with E-state index in [4.69, 9.17) is 26.2 Å². The number of alkyl halides is 1. The molecule has 4 rings (SSSR count). The topological polar surface area (TPSA) is 51.1 Å². The first-order valence-electron chi connectivity index (χ1n) is 10.1. The van der Waals surface area contributed by atoms with E-state index >= 15 is 0 Å². The molecule has 6 heteroatoms. The summed E-state index contributed by atoms with van der Waals surface area (Å²) in [5.74, 6) is 1.51. The molecule has 5 nitrogen and oxygen atoms in total. The molecule has 0 unspecified atom stereocenters. The van der Waals surface area contributed by atoms with Crippen molar-refractivity contribution >= 4 is 29.3 Å². The number of allylic oxidation sites excluding steroid dienone is 1. The number of fused-ring (bicyclic) bond motifs is 1. The molecule has 2 aromatic carbocycles. The van der Waals surface area contributed by atoms with E-state index in [1.807, 2.05) is 48.5 Å². The first-order valence-corrected chi connectivity index (χ1v) is 10.6. The van der Waals surface area contributed by atoms with Crippen LogP contribution < -0.4 is 9.47 Å². The van der Waals surface area contributed by atoms with Gasteiger partial charge in [-0.15, -0.1) is 11.6 Å². The number of nitrogens with zero attached hydrogens (tertiary/aromatic N) is 2. The van der Waals surface area contributed by atoms with E-state index in [1.165, 1.54) is 5.57 Å². The number of carbonyl (C=O) groups excluding carboxylic acids is 1. The Bertz CT molecular complexity index is 967. The molecule has 0 bridgehead atoms. The number of amides is 1. The minimum atomic E-state index is -0.178. The number of hydrazone groups is 1. The summed E-state index contributed by atoms with van der Waals surface area (Å²) in [4.78, 5) is 12.6. The van der Waals surface area contributed by atoms with Crippen LogP contribution >= 0.6 is 11.6 Å². The Labute approximate surface area is 181 Å². The van der Waals surface area contributed by atoms with Crippen LogP contribution in [0.15, 0.2) is 59.2 Å². The lowest BCUT2D eigenvalue weighted by molar-refractivity contribution is -0.130. The van der Waals surface area contributed by atoms with Crippen molar-refractivity contribution in [3.05, 3.63) is 65.2 Å². The van der Waals surface area contributed by atoms with Crippen molar-refractivity contribution in [2.24, 2.45) is 11.0 Å². The van der Waals surface area contributed by atoms with Crippen molar-refractivity contribution in [1.29, 1.82) is 0 Å². The maximum Gasteiger partial charge on any atom is 0.258 e. The molecule has 0 saturated heterocycles. The van der Waals surface area contributed by atoms with E-state index in [9.17, 15) is 4.79 Å². The molecular formula is C24H25ClN2O3. The van der Waals surface area contributed by atoms with Gasteiger partial charge in [0.25, 0.3) is 5.91 Å². The van der Waals surface area contributed by atoms with Crippen molar-refractivity contribution in [2.45, 2.75) is 25.3 Å². The van der Waals surface area contributed by atoms with Crippen LogP contribution in [0.1, 0.15) is 36.4 Å². The van der Waals surface area contributed by atoms with Gasteiger partial charge < -0.3 is 9.47 Å². The summed E-state index contributed by atoms with van der Waals surface area (Å²) in [6.45, 7) is 0. The summed E-state index contributed by atoms with van der Waals surface area (Å²) in [5, 5.41) is 6.37. The average molecular weight is 425 g/mol. The van der Waals surface area contributed by atoms with E-state index in [-0.39, 0.29) is 23.7 Å². The third-order valence-electron chi connectivity index (χ3n) is 5.79. The van der Waals surface area contributed by atoms with Crippen LogP contribution in [-0.4, -0.2) is 36.7 Å². The fourth-order valence-corrected chi connectivity index (χ4v) is 4.43. The fourth-order valence-electron chi connectivity index (χ4n) is 4.30. The predicted octanol–water partition coefficient (Wildman–Crippen LogP) is 5.07. The Balaban J connectivity index is 1.69. The SMILES string of the molecule is COc1ccc(/C=C2\CCC[C@@H]3C2=NN(C(=O)CCl)[C@@H]3c2ccc(OC)cc2)cc1. The van der Waals surface area contributed by atoms with E-state index < -0.39 is 0 Å². The Morgan fingerprint density at radius 2 is 1.73 bits per heavy atom. The Morgan fingerprint density at radius 3 is 2.33 bits per heavy atom. The van der Waals surface area contributed by atoms with E-state index in [0.717, 1.165) is 47.6 Å². The third-order valence-corrected chi connectivity index (χ3v) is 6.01. The van der Waals surface area contributed by atoms with Gasteiger partial charge in [-0.1, -0.05) is 24.3 Å². The smallest absolute Gasteiger partial charge is 0.258 e. The van der Waals surface area contributed by atoms with Crippen molar-refractivity contribution in [1.82, 2.24) is 5.01 Å². The zero-order valence-electron chi connectivity index (χ0n) is 17.2. The lowest BCUT2D eigenvalue weighted by atomic mass is 9.77. The molecule has 1 amide bonds. The summed E-state index contributed by atoms with van der Waals surface area (Å²) >= 11 is 5.92. The van der Waals surface area contributed by atoms with Crippen LogP contribution in [0.25, 0.3) is 6.08 Å². The number of benzene rings is 2. The van der Waals surface area contributed by atoms with Crippen LogP contribution in [0, 0.1) is 5.92 Å². The molecule has 0 spiro atoms. The minimum absolute atomic E-state index is 0.0896. The summed E-state index contributed by atoms with van der Waals surface area (Å²) < 4.78 is 10.5. The Hall–Kier alpha value is -2.79. The van der Waals surface area contributed by atoms with Gasteiger partial charge in [0.2, 0.25) is 0 Å². The number of hydrogen-bond acceptors (Lipinski definition) is 4. The van der Waals surface area contributed by atoms with Crippen LogP contribution in [0.3, 0.4) is 0 Å². The number of halogens is 1. The molecule has 1 saturated carbocycles. The van der Waals surface area contributed by atoms with Gasteiger partial charge in [0.15, 0.2) is 0 Å². The van der Waals surface area contributed by atoms with Gasteiger partial charge in [-0.2, -0.15) is 5.10 Å². The molecule has 2 atom stereocenters. The fraction of sp³-hybridized carbons (Fsp3) is 0.333. The van der Waals surface area contributed by atoms with Crippen molar-refractivity contribution in [3.63, 3.8) is 0 Å². The molecule has 1 aliphatic carbocycles. The van der Waals surface area contributed by atoms with Crippen molar-refractivity contribution in [3.8, 4) is 11.5 Å². The second-order valence-electron chi connectivity index (χ2n) is 7.52. The number of hydrogen-bond donors (Lipinski definition) is 0. The molecule has 156 valence electrons. The zero-order valence-corrected chi connectivity index (χ0v) is 17.9. The molecular weight excluding hydrogens is 400 g/mol. The minimum Gasteiger partial charge on any atom is -0.497 e. The summed E-state index contributed by atoms with van der Waals surface area (Å²) in [7, 11) is 3.31. The third kappa shape index (κ3) is 3.94. The molecule has 30 heavy (non-hydrogen) atoms. The van der Waals surface area contributed by atoms with Gasteiger partial charge in [0.05, 0.1) is 26.0 Å². The first kappa shape index (κ1) is 20.5. The van der Waals surface area contributed by atoms with Crippen LogP contribution in [-0.2, 0) is 4.79 Å². The van der Waals surface area contributed by atoms with E-state index in [0.29, 0.717) is 0 Å². The van der Waals surface area contributed by atoms with Crippen molar-refractivity contribution < 1.29 is 14.3 Å². The standard InChI is InChI=1S/C24H25ClN2O3/c1-29-19-10-6-16(7-11-19)14-18-4-3-5-21-23(18)26-27(22(28)15-25)24(21)17-8-12-20(30-2)13-9-17/h6-14,21,24H,3-5,15H2,1-2H3/b18-14+/t21-,24-/m1/s1. The molecule has 1 fully saturated rings. The highest BCUT2D eigenvalue weighted by atomic mass is 35.5. The number of carbonyl (C=O) groups is 1. The highest BCUT2D eigenvalue weighted by Crippen LogP contribution is 2.44. The lowest BCUT2D eigenvalue weighted by Crippen LogP contribution is -2.32. The Kier molecular flexibility index (Phi) is 6.09. The molecule has 0 N–H and O–H groups in total. The summed E-state index contributed by atoms with van der Waals surface area (Å²) in [6, 6.07) is 15.7. The quantitative estimate of drug-likeness (QED) is 0.630. The van der Waals surface area contributed by atoms with Gasteiger partial charge in [-0.3, -0.25) is 4.79 Å². The monoisotopic (exact) mass is 424 g/mol. The largest absolute Gasteiger partial charge is 0.497 e. The van der Waals surface area contributed by atoms with Gasteiger partial charge in [-0.25, -0.2) is 5.01 Å². The van der Waals surface area contributed by atoms with E-state index in [1.54, 1.807) is 19.2 Å². The highest BCUT2D eigenvalue weighted by Gasteiger charge is 2.43. The number of methoxy groups -OCH3 is 2. The molecule has 0 radical (unpaired) electrons. The van der Waals surface area contributed by atoms with Crippen molar-refractivity contribution in [2.75, 3.05) is 20.1 Å². The normalized spacial score (nSPS) is 21.9. The maximum absolute atomic E-state index is 12.6. The van der Waals surface area contributed by atoms with Gasteiger partial charge >= 0.3 is 0 Å². The zero-order chi connectivity index (χ0) is 21.1. The second-order valence-corrected chi connectivity index (χ2v) is 7.78. The predicted molar refractivity (Wildman–Crippen MR) is 119 cm³/mol. The molecule has 0 aromatic heterocycles. The number of ether oxygens (including phenoxy) is 2. The lowest BCUT2D eigenvalue weighted by Gasteiger charge is -2.29. The van der Waals surface area contributed by atoms with Gasteiger partial charge in [-0.05, 0) is 66.3 Å². The second kappa shape index (κ2) is 8.92.